The van der Waals surface area contributed by atoms with Crippen molar-refractivity contribution in [3.05, 3.63) is 29.3 Å². The molecule has 0 saturated carbocycles. The molecule has 1 aliphatic heterocycles. The number of carbonyl (C=O) groups excluding carboxylic acids is 1. The molecule has 0 bridgehead atoms. The van der Waals surface area contributed by atoms with E-state index in [0.29, 0.717) is 50.5 Å². The van der Waals surface area contributed by atoms with Crippen LogP contribution in [-0.4, -0.2) is 64.6 Å². The molecule has 1 aliphatic rings. The second kappa shape index (κ2) is 8.57. The van der Waals surface area contributed by atoms with Crippen LogP contribution in [0.25, 0.3) is 0 Å². The fraction of sp³-hybridized carbons (Fsp3) is 0.562. The number of sulfonamides is 1. The third-order valence-electron chi connectivity index (χ3n) is 3.88. The minimum atomic E-state index is -3.62. The lowest BCUT2D eigenvalue weighted by Crippen LogP contribution is -2.41. The Morgan fingerprint density at radius 3 is 2.62 bits per heavy atom. The first-order valence-corrected chi connectivity index (χ1v) is 9.58. The van der Waals surface area contributed by atoms with Gasteiger partial charge in [-0.25, -0.2) is 8.42 Å². The van der Waals surface area contributed by atoms with Crippen molar-refractivity contribution in [3.63, 3.8) is 0 Å². The number of amides is 1. The van der Waals surface area contributed by atoms with E-state index in [2.05, 4.69) is 10.6 Å². The van der Waals surface area contributed by atoms with Gasteiger partial charge in [0.15, 0.2) is 0 Å². The summed E-state index contributed by atoms with van der Waals surface area (Å²) in [5.74, 6) is -0.272. The molecule has 0 aliphatic carbocycles. The summed E-state index contributed by atoms with van der Waals surface area (Å²) in [6.07, 6.45) is 0. The van der Waals surface area contributed by atoms with Gasteiger partial charge in [-0.3, -0.25) is 4.79 Å². The number of morpholine rings is 1. The van der Waals surface area contributed by atoms with Crippen LogP contribution < -0.4 is 10.6 Å². The first-order valence-electron chi connectivity index (χ1n) is 8.14. The van der Waals surface area contributed by atoms with E-state index >= 15 is 0 Å². The standard InChI is InChI=1S/C16H25N3O4S/c1-3-17-6-7-18-16(20)14-5-4-13(2)15(12-14)24(21,22)19-8-10-23-11-9-19/h4-5,12,17H,3,6-11H2,1-2H3,(H,18,20). The summed E-state index contributed by atoms with van der Waals surface area (Å²) >= 11 is 0. The van der Waals surface area contributed by atoms with Crippen molar-refractivity contribution in [2.24, 2.45) is 0 Å². The molecule has 2 rings (SSSR count). The molecule has 0 aromatic heterocycles. The molecule has 0 atom stereocenters. The summed E-state index contributed by atoms with van der Waals surface area (Å²) in [4.78, 5) is 12.4. The van der Waals surface area contributed by atoms with Crippen molar-refractivity contribution in [1.29, 1.82) is 0 Å². The number of ether oxygens (including phenoxy) is 1. The molecular weight excluding hydrogens is 330 g/mol. The van der Waals surface area contributed by atoms with Crippen LogP contribution in [0.1, 0.15) is 22.8 Å². The van der Waals surface area contributed by atoms with Crippen LogP contribution in [0.5, 0.6) is 0 Å². The van der Waals surface area contributed by atoms with Gasteiger partial charge in [-0.1, -0.05) is 13.0 Å². The number of likely N-dealkylation sites (N-methyl/N-ethyl adjacent to an activating group) is 1. The second-order valence-electron chi connectivity index (χ2n) is 5.61. The molecule has 0 radical (unpaired) electrons. The maximum atomic E-state index is 12.8. The number of aryl methyl sites for hydroxylation is 1. The zero-order chi connectivity index (χ0) is 17.6. The van der Waals surface area contributed by atoms with E-state index in [1.165, 1.54) is 10.4 Å². The van der Waals surface area contributed by atoms with Crippen LogP contribution in [0.3, 0.4) is 0 Å². The summed E-state index contributed by atoms with van der Waals surface area (Å²) < 4.78 is 32.2. The third-order valence-corrected chi connectivity index (χ3v) is 5.92. The molecule has 134 valence electrons. The summed E-state index contributed by atoms with van der Waals surface area (Å²) in [5.41, 5.74) is 0.981. The normalized spacial score (nSPS) is 16.1. The molecule has 1 amide bonds. The van der Waals surface area contributed by atoms with E-state index in [4.69, 9.17) is 4.74 Å². The van der Waals surface area contributed by atoms with Gasteiger partial charge >= 0.3 is 0 Å². The zero-order valence-electron chi connectivity index (χ0n) is 14.2. The van der Waals surface area contributed by atoms with Crippen LogP contribution >= 0.6 is 0 Å². The van der Waals surface area contributed by atoms with Crippen LogP contribution in [0.4, 0.5) is 0 Å². The van der Waals surface area contributed by atoms with Gasteiger partial charge in [-0.05, 0) is 31.2 Å². The number of hydrogen-bond donors (Lipinski definition) is 2. The van der Waals surface area contributed by atoms with E-state index in [1.807, 2.05) is 6.92 Å². The fourth-order valence-electron chi connectivity index (χ4n) is 2.49. The van der Waals surface area contributed by atoms with Gasteiger partial charge in [-0.15, -0.1) is 0 Å². The summed E-state index contributed by atoms with van der Waals surface area (Å²) in [5, 5.41) is 5.90. The first-order chi connectivity index (χ1) is 11.5. The molecule has 24 heavy (non-hydrogen) atoms. The molecule has 1 aromatic carbocycles. The summed E-state index contributed by atoms with van der Waals surface area (Å²) in [7, 11) is -3.62. The number of nitrogens with zero attached hydrogens (tertiary/aromatic N) is 1. The van der Waals surface area contributed by atoms with Gasteiger partial charge in [0.1, 0.15) is 0 Å². The van der Waals surface area contributed by atoms with Crippen molar-refractivity contribution in [3.8, 4) is 0 Å². The van der Waals surface area contributed by atoms with Crippen molar-refractivity contribution in [2.45, 2.75) is 18.7 Å². The Morgan fingerprint density at radius 2 is 1.96 bits per heavy atom. The Labute approximate surface area is 143 Å². The zero-order valence-corrected chi connectivity index (χ0v) is 15.0. The molecule has 1 heterocycles. The first kappa shape index (κ1) is 18.9. The predicted octanol–water partition coefficient (Wildman–Crippen LogP) is 0.355. The average Bonchev–Trinajstić information content (AvgIpc) is 2.59. The topological polar surface area (TPSA) is 87.7 Å². The fourth-order valence-corrected chi connectivity index (χ4v) is 4.15. The minimum Gasteiger partial charge on any atom is -0.379 e. The molecule has 1 saturated heterocycles. The lowest BCUT2D eigenvalue weighted by Gasteiger charge is -2.26. The molecule has 0 unspecified atom stereocenters. The van der Waals surface area contributed by atoms with Crippen molar-refractivity contribution >= 4 is 15.9 Å². The predicted molar refractivity (Wildman–Crippen MR) is 91.6 cm³/mol. The average molecular weight is 355 g/mol. The van der Waals surface area contributed by atoms with Gasteiger partial charge < -0.3 is 15.4 Å². The van der Waals surface area contributed by atoms with Gasteiger partial charge in [0.25, 0.3) is 5.91 Å². The molecule has 2 N–H and O–H groups in total. The van der Waals surface area contributed by atoms with E-state index < -0.39 is 10.0 Å². The van der Waals surface area contributed by atoms with Crippen LogP contribution in [0.15, 0.2) is 23.1 Å². The number of nitrogens with one attached hydrogen (secondary N) is 2. The SMILES string of the molecule is CCNCCNC(=O)c1ccc(C)c(S(=O)(=O)N2CCOCC2)c1. The Bertz CT molecular complexity index is 670. The third kappa shape index (κ3) is 4.54. The highest BCUT2D eigenvalue weighted by Gasteiger charge is 2.28. The Morgan fingerprint density at radius 1 is 1.25 bits per heavy atom. The number of benzene rings is 1. The van der Waals surface area contributed by atoms with Crippen LogP contribution in [-0.2, 0) is 14.8 Å². The van der Waals surface area contributed by atoms with E-state index in [-0.39, 0.29) is 10.8 Å². The minimum absolute atomic E-state index is 0.184. The van der Waals surface area contributed by atoms with E-state index in [0.717, 1.165) is 6.54 Å². The van der Waals surface area contributed by atoms with E-state index in [9.17, 15) is 13.2 Å². The van der Waals surface area contributed by atoms with Crippen LogP contribution in [0, 0.1) is 6.92 Å². The molecule has 0 spiro atoms. The smallest absolute Gasteiger partial charge is 0.251 e. The highest BCUT2D eigenvalue weighted by atomic mass is 32.2. The second-order valence-corrected chi connectivity index (χ2v) is 7.51. The number of rotatable bonds is 7. The van der Waals surface area contributed by atoms with Crippen molar-refractivity contribution < 1.29 is 17.9 Å². The van der Waals surface area contributed by atoms with Crippen molar-refractivity contribution in [2.75, 3.05) is 45.9 Å². The number of carbonyl (C=O) groups is 1. The maximum absolute atomic E-state index is 12.8. The molecule has 1 fully saturated rings. The summed E-state index contributed by atoms with van der Waals surface area (Å²) in [6, 6.07) is 4.78. The van der Waals surface area contributed by atoms with Crippen molar-refractivity contribution in [1.82, 2.24) is 14.9 Å². The van der Waals surface area contributed by atoms with Gasteiger partial charge in [0.2, 0.25) is 10.0 Å². The van der Waals surface area contributed by atoms with Gasteiger partial charge in [-0.2, -0.15) is 4.31 Å². The molecule has 1 aromatic rings. The van der Waals surface area contributed by atoms with E-state index in [1.54, 1.807) is 19.1 Å². The Kier molecular flexibility index (Phi) is 6.73. The lowest BCUT2D eigenvalue weighted by molar-refractivity contribution is 0.0730. The highest BCUT2D eigenvalue weighted by Crippen LogP contribution is 2.22. The molecule has 7 nitrogen and oxygen atoms in total. The lowest BCUT2D eigenvalue weighted by atomic mass is 10.1. The molecule has 8 heteroatoms. The maximum Gasteiger partial charge on any atom is 0.251 e. The molecular formula is C16H25N3O4S. The largest absolute Gasteiger partial charge is 0.379 e. The summed E-state index contributed by atoms with van der Waals surface area (Å²) in [6.45, 7) is 7.18. The number of hydrogen-bond acceptors (Lipinski definition) is 5. The quantitative estimate of drug-likeness (QED) is 0.690. The van der Waals surface area contributed by atoms with Crippen LogP contribution in [0.2, 0.25) is 0 Å². The van der Waals surface area contributed by atoms with Gasteiger partial charge in [0.05, 0.1) is 18.1 Å². The monoisotopic (exact) mass is 355 g/mol. The Hall–Kier alpha value is -1.48. The highest BCUT2D eigenvalue weighted by molar-refractivity contribution is 7.89. The van der Waals surface area contributed by atoms with Gasteiger partial charge in [0, 0.05) is 31.7 Å². The Balaban J connectivity index is 2.17.